The van der Waals surface area contributed by atoms with Gasteiger partial charge in [0.2, 0.25) is 0 Å². The first-order valence-corrected chi connectivity index (χ1v) is 7.74. The molecule has 2 N–H and O–H groups in total. The van der Waals surface area contributed by atoms with Crippen LogP contribution in [0.15, 0.2) is 18.3 Å². The second kappa shape index (κ2) is 7.61. The van der Waals surface area contributed by atoms with E-state index in [1.54, 1.807) is 13.1 Å². The van der Waals surface area contributed by atoms with Crippen LogP contribution in [-0.4, -0.2) is 21.0 Å². The standard InChI is InChI=1S/C14H16Cl2FN5O/c1-3-22-19-7-9(21-22)6-18-14(23)20-8(2)10-4-13(17)12(16)5-11(10)15/h4-5,7-8H,3,6H2,1-2H3,(H2,18,20,23). The molecule has 2 rings (SSSR count). The number of nitrogens with one attached hydrogen (secondary N) is 2. The van der Waals surface area contributed by atoms with Gasteiger partial charge >= 0.3 is 6.03 Å². The fourth-order valence-corrected chi connectivity index (χ4v) is 2.48. The molecule has 0 radical (unpaired) electrons. The number of hydrogen-bond acceptors (Lipinski definition) is 3. The van der Waals surface area contributed by atoms with E-state index >= 15 is 0 Å². The van der Waals surface area contributed by atoms with E-state index in [1.165, 1.54) is 16.9 Å². The van der Waals surface area contributed by atoms with Crippen molar-refractivity contribution in [2.45, 2.75) is 33.0 Å². The lowest BCUT2D eigenvalue weighted by atomic mass is 10.1. The Bertz CT molecular complexity index is 706. The van der Waals surface area contributed by atoms with Crippen molar-refractivity contribution in [3.63, 3.8) is 0 Å². The molecule has 23 heavy (non-hydrogen) atoms. The third kappa shape index (κ3) is 4.56. The summed E-state index contributed by atoms with van der Waals surface area (Å²) in [4.78, 5) is 13.4. The maximum Gasteiger partial charge on any atom is 0.315 e. The van der Waals surface area contributed by atoms with Gasteiger partial charge in [0, 0.05) is 5.02 Å². The van der Waals surface area contributed by atoms with Crippen molar-refractivity contribution in [1.82, 2.24) is 25.6 Å². The highest BCUT2D eigenvalue weighted by Crippen LogP contribution is 2.28. The van der Waals surface area contributed by atoms with E-state index in [2.05, 4.69) is 20.8 Å². The van der Waals surface area contributed by atoms with Gasteiger partial charge in [0.05, 0.1) is 30.4 Å². The molecule has 2 amide bonds. The lowest BCUT2D eigenvalue weighted by molar-refractivity contribution is 0.237. The molecule has 1 unspecified atom stereocenters. The van der Waals surface area contributed by atoms with Crippen LogP contribution >= 0.6 is 23.2 Å². The van der Waals surface area contributed by atoms with Gasteiger partial charge in [-0.15, -0.1) is 0 Å². The summed E-state index contributed by atoms with van der Waals surface area (Å²) in [6, 6.07) is 1.62. The van der Waals surface area contributed by atoms with Crippen LogP contribution in [-0.2, 0) is 13.1 Å². The highest BCUT2D eigenvalue weighted by Gasteiger charge is 2.15. The molecule has 0 aliphatic rings. The zero-order valence-electron chi connectivity index (χ0n) is 12.6. The summed E-state index contributed by atoms with van der Waals surface area (Å²) in [5.41, 5.74) is 1.09. The molecule has 1 atom stereocenters. The summed E-state index contributed by atoms with van der Waals surface area (Å²) in [5, 5.41) is 13.7. The van der Waals surface area contributed by atoms with Gasteiger partial charge in [-0.3, -0.25) is 0 Å². The summed E-state index contributed by atoms with van der Waals surface area (Å²) in [6.45, 7) is 4.51. The summed E-state index contributed by atoms with van der Waals surface area (Å²) < 4.78 is 13.5. The Hall–Kier alpha value is -1.86. The summed E-state index contributed by atoms with van der Waals surface area (Å²) in [7, 11) is 0. The smallest absolute Gasteiger partial charge is 0.315 e. The first-order valence-electron chi connectivity index (χ1n) is 6.98. The molecule has 1 aromatic carbocycles. The number of carbonyl (C=O) groups is 1. The maximum atomic E-state index is 13.5. The highest BCUT2D eigenvalue weighted by molar-refractivity contribution is 6.35. The average molecular weight is 360 g/mol. The van der Waals surface area contributed by atoms with Crippen LogP contribution in [0.5, 0.6) is 0 Å². The molecule has 124 valence electrons. The SMILES string of the molecule is CCn1ncc(CNC(=O)NC(C)c2cc(F)c(Cl)cc2Cl)n1. The zero-order valence-corrected chi connectivity index (χ0v) is 14.1. The lowest BCUT2D eigenvalue weighted by Gasteiger charge is -2.16. The predicted octanol–water partition coefficient (Wildman–Crippen LogP) is 3.30. The van der Waals surface area contributed by atoms with Gasteiger partial charge in [-0.05, 0) is 31.5 Å². The second-order valence-electron chi connectivity index (χ2n) is 4.86. The summed E-state index contributed by atoms with van der Waals surface area (Å²) >= 11 is 11.7. The summed E-state index contributed by atoms with van der Waals surface area (Å²) in [6.07, 6.45) is 1.58. The molecule has 0 saturated carbocycles. The van der Waals surface area contributed by atoms with Gasteiger partial charge in [-0.25, -0.2) is 9.18 Å². The quantitative estimate of drug-likeness (QED) is 0.804. The van der Waals surface area contributed by atoms with Crippen LogP contribution in [0.25, 0.3) is 0 Å². The van der Waals surface area contributed by atoms with Crippen molar-refractivity contribution in [3.8, 4) is 0 Å². The van der Waals surface area contributed by atoms with E-state index in [-0.39, 0.29) is 16.6 Å². The molecule has 2 aromatic rings. The van der Waals surface area contributed by atoms with E-state index in [0.717, 1.165) is 0 Å². The van der Waals surface area contributed by atoms with Crippen LogP contribution in [0.4, 0.5) is 9.18 Å². The average Bonchev–Trinajstić information content (AvgIpc) is 2.96. The van der Waals surface area contributed by atoms with Crippen molar-refractivity contribution in [2.75, 3.05) is 0 Å². The minimum Gasteiger partial charge on any atom is -0.332 e. The Morgan fingerprint density at radius 2 is 2.13 bits per heavy atom. The number of amides is 2. The largest absolute Gasteiger partial charge is 0.332 e. The third-order valence-electron chi connectivity index (χ3n) is 3.15. The Morgan fingerprint density at radius 3 is 2.78 bits per heavy atom. The predicted molar refractivity (Wildman–Crippen MR) is 85.9 cm³/mol. The number of hydrogen-bond donors (Lipinski definition) is 2. The molecular weight excluding hydrogens is 344 g/mol. The van der Waals surface area contributed by atoms with Crippen molar-refractivity contribution in [3.05, 3.63) is 45.4 Å². The van der Waals surface area contributed by atoms with E-state index in [0.29, 0.717) is 17.8 Å². The molecule has 0 bridgehead atoms. The molecule has 1 aromatic heterocycles. The monoisotopic (exact) mass is 359 g/mol. The van der Waals surface area contributed by atoms with E-state index < -0.39 is 17.9 Å². The molecule has 0 saturated heterocycles. The normalized spacial score (nSPS) is 12.0. The Balaban J connectivity index is 1.93. The maximum absolute atomic E-state index is 13.5. The number of urea groups is 1. The molecule has 0 aliphatic heterocycles. The Kier molecular flexibility index (Phi) is 5.79. The lowest BCUT2D eigenvalue weighted by Crippen LogP contribution is -2.36. The second-order valence-corrected chi connectivity index (χ2v) is 5.68. The molecule has 1 heterocycles. The van der Waals surface area contributed by atoms with Gasteiger partial charge in [0.15, 0.2) is 0 Å². The minimum absolute atomic E-state index is 0.0607. The number of halogens is 3. The Labute approximate surface area is 143 Å². The number of carbonyl (C=O) groups excluding carboxylic acids is 1. The molecule has 0 aliphatic carbocycles. The third-order valence-corrected chi connectivity index (χ3v) is 3.77. The topological polar surface area (TPSA) is 71.8 Å². The van der Waals surface area contributed by atoms with Crippen molar-refractivity contribution in [1.29, 1.82) is 0 Å². The van der Waals surface area contributed by atoms with Gasteiger partial charge < -0.3 is 10.6 Å². The number of nitrogens with zero attached hydrogens (tertiary/aromatic N) is 3. The number of rotatable bonds is 5. The first-order chi connectivity index (χ1) is 10.9. The molecule has 0 spiro atoms. The van der Waals surface area contributed by atoms with Crippen LogP contribution in [0.3, 0.4) is 0 Å². The van der Waals surface area contributed by atoms with Crippen molar-refractivity contribution >= 4 is 29.2 Å². The number of aryl methyl sites for hydroxylation is 1. The van der Waals surface area contributed by atoms with Gasteiger partial charge in [0.25, 0.3) is 0 Å². The Morgan fingerprint density at radius 1 is 1.39 bits per heavy atom. The van der Waals surface area contributed by atoms with Gasteiger partial charge in [-0.2, -0.15) is 15.0 Å². The number of aromatic nitrogens is 3. The van der Waals surface area contributed by atoms with E-state index in [1.807, 2.05) is 6.92 Å². The summed E-state index contributed by atoms with van der Waals surface area (Å²) in [5.74, 6) is -0.587. The highest BCUT2D eigenvalue weighted by atomic mass is 35.5. The minimum atomic E-state index is -0.587. The first kappa shape index (κ1) is 17.5. The zero-order chi connectivity index (χ0) is 17.0. The van der Waals surface area contributed by atoms with Crippen molar-refractivity contribution < 1.29 is 9.18 Å². The van der Waals surface area contributed by atoms with Crippen LogP contribution < -0.4 is 10.6 Å². The van der Waals surface area contributed by atoms with Crippen LogP contribution in [0, 0.1) is 5.82 Å². The fourth-order valence-electron chi connectivity index (χ4n) is 1.93. The van der Waals surface area contributed by atoms with Crippen molar-refractivity contribution in [2.24, 2.45) is 0 Å². The molecule has 9 heteroatoms. The van der Waals surface area contributed by atoms with E-state index in [9.17, 15) is 9.18 Å². The van der Waals surface area contributed by atoms with Gasteiger partial charge in [-0.1, -0.05) is 23.2 Å². The van der Waals surface area contributed by atoms with Crippen LogP contribution in [0.1, 0.15) is 31.1 Å². The van der Waals surface area contributed by atoms with Crippen LogP contribution in [0.2, 0.25) is 10.0 Å². The fraction of sp³-hybridized carbons (Fsp3) is 0.357. The van der Waals surface area contributed by atoms with E-state index in [4.69, 9.17) is 23.2 Å². The molecular formula is C14H16Cl2FN5O. The molecule has 6 nitrogen and oxygen atoms in total. The number of benzene rings is 1. The van der Waals surface area contributed by atoms with Gasteiger partial charge in [0.1, 0.15) is 11.5 Å². The molecule has 0 fully saturated rings.